The third kappa shape index (κ3) is 11.6. The van der Waals surface area contributed by atoms with Crippen LogP contribution in [0.2, 0.25) is 0 Å². The highest BCUT2D eigenvalue weighted by molar-refractivity contribution is 6.00. The average Bonchev–Trinajstić information content (AvgIpc) is 2.93. The first-order valence-corrected chi connectivity index (χ1v) is 14.6. The highest BCUT2D eigenvalue weighted by Gasteiger charge is 2.24. The molecule has 0 saturated carbocycles. The molecule has 7 nitrogen and oxygen atoms in total. The van der Waals surface area contributed by atoms with Crippen molar-refractivity contribution in [2.24, 2.45) is 0 Å². The van der Waals surface area contributed by atoms with E-state index in [9.17, 15) is 28.3 Å². The summed E-state index contributed by atoms with van der Waals surface area (Å²) in [5.41, 5.74) is 1.59. The number of carbonyl (C=O) groups is 3. The Hall–Kier alpha value is -3.77. The Balaban J connectivity index is 2.20. The standard InChI is InChI=1S/C33H43F2N3O4/c1-5-8-9-10-11-31(40)36-13-12-30(39)29(20-24-18-27(34)22-28(35)19-24)37-32(41)25-16-23(4)17-26(21-25)33(42)38(14-6-2)15-7-3/h1,16-19,21-22,29-30,39H,6-15,20H2,2-4H3,(H,36,40)(H,37,41)/t29-,30+/m1/s1. The minimum Gasteiger partial charge on any atom is -0.391 e. The lowest BCUT2D eigenvalue weighted by atomic mass is 9.97. The summed E-state index contributed by atoms with van der Waals surface area (Å²) in [6.45, 7) is 7.12. The number of nitrogens with zero attached hydrogens (tertiary/aromatic N) is 1. The van der Waals surface area contributed by atoms with Gasteiger partial charge in [-0.25, -0.2) is 8.78 Å². The van der Waals surface area contributed by atoms with Crippen LogP contribution in [0.4, 0.5) is 8.78 Å². The van der Waals surface area contributed by atoms with Crippen LogP contribution in [0.1, 0.15) is 90.6 Å². The third-order valence-corrected chi connectivity index (χ3v) is 6.76. The molecule has 0 aliphatic heterocycles. The largest absolute Gasteiger partial charge is 0.391 e. The smallest absolute Gasteiger partial charge is 0.253 e. The van der Waals surface area contributed by atoms with Crippen LogP contribution in [0.3, 0.4) is 0 Å². The Labute approximate surface area is 248 Å². The van der Waals surface area contributed by atoms with Crippen LogP contribution < -0.4 is 10.6 Å². The van der Waals surface area contributed by atoms with E-state index in [1.807, 2.05) is 13.8 Å². The fraction of sp³-hybridized carbons (Fsp3) is 0.485. The summed E-state index contributed by atoms with van der Waals surface area (Å²) in [6, 6.07) is 7.00. The number of aryl methyl sites for hydroxylation is 1. The van der Waals surface area contributed by atoms with Crippen molar-refractivity contribution in [3.63, 3.8) is 0 Å². The Kier molecular flexibility index (Phi) is 14.7. The summed E-state index contributed by atoms with van der Waals surface area (Å²) >= 11 is 0. The molecule has 2 rings (SSSR count). The first-order chi connectivity index (χ1) is 20.1. The van der Waals surface area contributed by atoms with Gasteiger partial charge in [-0.15, -0.1) is 12.3 Å². The van der Waals surface area contributed by atoms with Crippen LogP contribution in [0.5, 0.6) is 0 Å². The minimum atomic E-state index is -1.14. The van der Waals surface area contributed by atoms with E-state index in [0.29, 0.717) is 43.5 Å². The lowest BCUT2D eigenvalue weighted by Gasteiger charge is -2.25. The van der Waals surface area contributed by atoms with Crippen molar-refractivity contribution in [1.29, 1.82) is 0 Å². The summed E-state index contributed by atoms with van der Waals surface area (Å²) in [7, 11) is 0. The quantitative estimate of drug-likeness (QED) is 0.182. The number of aliphatic hydroxyl groups excluding tert-OH is 1. The molecule has 3 amide bonds. The zero-order valence-electron chi connectivity index (χ0n) is 24.8. The van der Waals surface area contributed by atoms with Gasteiger partial charge in [0.2, 0.25) is 5.91 Å². The molecule has 42 heavy (non-hydrogen) atoms. The molecular formula is C33H43F2N3O4. The van der Waals surface area contributed by atoms with Gasteiger partial charge in [-0.05, 0) is 86.9 Å². The summed E-state index contributed by atoms with van der Waals surface area (Å²) < 4.78 is 27.8. The van der Waals surface area contributed by atoms with Gasteiger partial charge in [0.15, 0.2) is 0 Å². The Morgan fingerprint density at radius 3 is 2.24 bits per heavy atom. The van der Waals surface area contributed by atoms with E-state index >= 15 is 0 Å². The SMILES string of the molecule is C#CCCCCC(=O)NCC[C@H](O)[C@@H](Cc1cc(F)cc(F)c1)NC(=O)c1cc(C)cc(C(=O)N(CCC)CCC)c1. The Bertz CT molecular complexity index is 1220. The fourth-order valence-corrected chi connectivity index (χ4v) is 4.75. The van der Waals surface area contributed by atoms with Gasteiger partial charge in [-0.2, -0.15) is 0 Å². The molecule has 3 N–H and O–H groups in total. The second-order valence-corrected chi connectivity index (χ2v) is 10.6. The number of unbranched alkanes of at least 4 members (excludes halogenated alkanes) is 2. The molecule has 228 valence electrons. The van der Waals surface area contributed by atoms with Crippen LogP contribution in [0.15, 0.2) is 36.4 Å². The number of terminal acetylenes is 1. The second-order valence-electron chi connectivity index (χ2n) is 10.6. The van der Waals surface area contributed by atoms with Crippen LogP contribution >= 0.6 is 0 Å². The number of carbonyl (C=O) groups excluding carboxylic acids is 3. The van der Waals surface area contributed by atoms with Crippen LogP contribution in [-0.4, -0.2) is 59.5 Å². The first kappa shape index (κ1) is 34.4. The number of aliphatic hydroxyl groups is 1. The van der Waals surface area contributed by atoms with Crippen molar-refractivity contribution in [2.75, 3.05) is 19.6 Å². The van der Waals surface area contributed by atoms with E-state index in [-0.39, 0.29) is 42.3 Å². The molecule has 0 spiro atoms. The predicted molar refractivity (Wildman–Crippen MR) is 160 cm³/mol. The molecule has 0 aliphatic rings. The Morgan fingerprint density at radius 1 is 0.976 bits per heavy atom. The molecule has 0 aliphatic carbocycles. The van der Waals surface area contributed by atoms with E-state index < -0.39 is 29.7 Å². The van der Waals surface area contributed by atoms with Gasteiger partial charge >= 0.3 is 0 Å². The molecular weight excluding hydrogens is 540 g/mol. The second kappa shape index (κ2) is 17.9. The van der Waals surface area contributed by atoms with E-state index in [4.69, 9.17) is 6.42 Å². The number of amides is 3. The average molecular weight is 584 g/mol. The molecule has 0 saturated heterocycles. The van der Waals surface area contributed by atoms with Crippen molar-refractivity contribution in [1.82, 2.24) is 15.5 Å². The van der Waals surface area contributed by atoms with Gasteiger partial charge < -0.3 is 20.6 Å². The molecule has 0 bridgehead atoms. The van der Waals surface area contributed by atoms with Gasteiger partial charge in [0.1, 0.15) is 11.6 Å². The van der Waals surface area contributed by atoms with Gasteiger partial charge in [0.05, 0.1) is 12.1 Å². The molecule has 2 atom stereocenters. The number of nitrogens with one attached hydrogen (secondary N) is 2. The summed E-state index contributed by atoms with van der Waals surface area (Å²) in [4.78, 5) is 40.5. The van der Waals surface area contributed by atoms with Gasteiger partial charge in [0.25, 0.3) is 11.8 Å². The van der Waals surface area contributed by atoms with E-state index in [2.05, 4.69) is 16.6 Å². The Morgan fingerprint density at radius 2 is 1.62 bits per heavy atom. The van der Waals surface area contributed by atoms with Crippen LogP contribution in [0.25, 0.3) is 0 Å². The monoisotopic (exact) mass is 583 g/mol. The van der Waals surface area contributed by atoms with E-state index in [1.54, 1.807) is 24.0 Å². The van der Waals surface area contributed by atoms with Crippen molar-refractivity contribution in [3.05, 3.63) is 70.3 Å². The lowest BCUT2D eigenvalue weighted by molar-refractivity contribution is -0.121. The topological polar surface area (TPSA) is 98.7 Å². The van der Waals surface area contributed by atoms with Gasteiger partial charge in [-0.3, -0.25) is 14.4 Å². The van der Waals surface area contributed by atoms with Crippen molar-refractivity contribution in [2.45, 2.75) is 84.3 Å². The maximum absolute atomic E-state index is 13.9. The minimum absolute atomic E-state index is 0.0556. The molecule has 0 unspecified atom stereocenters. The normalized spacial score (nSPS) is 12.2. The number of halogens is 2. The lowest BCUT2D eigenvalue weighted by Crippen LogP contribution is -2.46. The molecule has 9 heteroatoms. The molecule has 0 radical (unpaired) electrons. The van der Waals surface area contributed by atoms with Gasteiger partial charge in [0, 0.05) is 49.7 Å². The first-order valence-electron chi connectivity index (χ1n) is 14.6. The van der Waals surface area contributed by atoms with Crippen molar-refractivity contribution < 1.29 is 28.3 Å². The third-order valence-electron chi connectivity index (χ3n) is 6.76. The molecule has 0 heterocycles. The number of hydrogen-bond donors (Lipinski definition) is 3. The van der Waals surface area contributed by atoms with Crippen LogP contribution in [-0.2, 0) is 11.2 Å². The zero-order chi connectivity index (χ0) is 31.1. The van der Waals surface area contributed by atoms with Crippen LogP contribution in [0, 0.1) is 30.9 Å². The number of benzene rings is 2. The highest BCUT2D eigenvalue weighted by atomic mass is 19.1. The fourth-order valence-electron chi connectivity index (χ4n) is 4.75. The number of hydrogen-bond acceptors (Lipinski definition) is 4. The summed E-state index contributed by atoms with van der Waals surface area (Å²) in [5, 5.41) is 16.6. The summed E-state index contributed by atoms with van der Waals surface area (Å²) in [6.07, 6.45) is 8.03. The highest BCUT2D eigenvalue weighted by Crippen LogP contribution is 2.17. The number of rotatable bonds is 17. The summed E-state index contributed by atoms with van der Waals surface area (Å²) in [5.74, 6) is 0.102. The molecule has 2 aromatic carbocycles. The maximum atomic E-state index is 13.9. The van der Waals surface area contributed by atoms with Gasteiger partial charge in [-0.1, -0.05) is 13.8 Å². The van der Waals surface area contributed by atoms with Crippen molar-refractivity contribution >= 4 is 17.7 Å². The molecule has 0 aromatic heterocycles. The molecule has 0 fully saturated rings. The van der Waals surface area contributed by atoms with Crippen molar-refractivity contribution in [3.8, 4) is 12.3 Å². The van der Waals surface area contributed by atoms with E-state index in [1.165, 1.54) is 6.07 Å². The predicted octanol–water partition coefficient (Wildman–Crippen LogP) is 4.94. The maximum Gasteiger partial charge on any atom is 0.253 e. The molecule has 2 aromatic rings. The van der Waals surface area contributed by atoms with E-state index in [0.717, 1.165) is 37.5 Å². The zero-order valence-corrected chi connectivity index (χ0v) is 24.8.